The summed E-state index contributed by atoms with van der Waals surface area (Å²) in [5, 5.41) is 0.743. The molecule has 0 saturated carbocycles. The summed E-state index contributed by atoms with van der Waals surface area (Å²) in [4.78, 5) is 0. The second-order valence-corrected chi connectivity index (χ2v) is 5.65. The molecule has 2 N–H and O–H groups in total. The number of hydrogen-bond acceptors (Lipinski definition) is 3. The quantitative estimate of drug-likeness (QED) is 0.871. The number of nitrogens with two attached hydrogens (primary N) is 1. The lowest BCUT2D eigenvalue weighted by molar-refractivity contribution is 0.0684. The Morgan fingerprint density at radius 3 is 2.79 bits per heavy atom. The predicted octanol–water partition coefficient (Wildman–Crippen LogP) is 3.31. The van der Waals surface area contributed by atoms with Crippen molar-refractivity contribution in [2.75, 3.05) is 13.2 Å². The molecule has 0 aromatic heterocycles. The maximum absolute atomic E-state index is 6.22. The summed E-state index contributed by atoms with van der Waals surface area (Å²) in [6.45, 7) is 5.97. The Kier molecular flexibility index (Phi) is 4.71. The topological polar surface area (TPSA) is 44.5 Å². The molecule has 0 radical (unpaired) electrons. The van der Waals surface area contributed by atoms with Gasteiger partial charge in [0.15, 0.2) is 0 Å². The maximum Gasteiger partial charge on any atom is 0.128 e. The summed E-state index contributed by atoms with van der Waals surface area (Å²) < 4.78 is 11.4. The first-order chi connectivity index (χ1) is 9.08. The van der Waals surface area contributed by atoms with E-state index < -0.39 is 0 Å². The molecule has 0 aliphatic carbocycles. The zero-order valence-corrected chi connectivity index (χ0v) is 12.4. The minimum atomic E-state index is -0.234. The Morgan fingerprint density at radius 1 is 1.37 bits per heavy atom. The van der Waals surface area contributed by atoms with E-state index in [2.05, 4.69) is 13.8 Å². The van der Waals surface area contributed by atoms with E-state index in [1.807, 2.05) is 12.1 Å². The summed E-state index contributed by atoms with van der Waals surface area (Å²) in [5.41, 5.74) is 8.19. The smallest absolute Gasteiger partial charge is 0.128 e. The third kappa shape index (κ3) is 3.41. The largest absolute Gasteiger partial charge is 0.493 e. The van der Waals surface area contributed by atoms with Crippen molar-refractivity contribution >= 4 is 11.6 Å². The van der Waals surface area contributed by atoms with Gasteiger partial charge in [-0.15, -0.1) is 0 Å². The van der Waals surface area contributed by atoms with Crippen LogP contribution in [0.25, 0.3) is 0 Å². The average Bonchev–Trinajstić information content (AvgIpc) is 2.86. The van der Waals surface area contributed by atoms with E-state index in [0.29, 0.717) is 13.2 Å². The highest BCUT2D eigenvalue weighted by atomic mass is 35.5. The van der Waals surface area contributed by atoms with E-state index in [0.717, 1.165) is 42.2 Å². The molecule has 19 heavy (non-hydrogen) atoms. The van der Waals surface area contributed by atoms with E-state index in [1.54, 1.807) is 0 Å². The van der Waals surface area contributed by atoms with Gasteiger partial charge in [-0.1, -0.05) is 25.4 Å². The number of fused-ring (bicyclic) bond motifs is 1. The Hall–Kier alpha value is -0.770. The van der Waals surface area contributed by atoms with E-state index >= 15 is 0 Å². The van der Waals surface area contributed by atoms with Crippen LogP contribution in [0.2, 0.25) is 5.02 Å². The van der Waals surface area contributed by atoms with Crippen molar-refractivity contribution in [3.05, 3.63) is 28.3 Å². The molecule has 0 fully saturated rings. The van der Waals surface area contributed by atoms with Gasteiger partial charge < -0.3 is 15.2 Å². The summed E-state index contributed by atoms with van der Waals surface area (Å²) in [6, 6.07) is 3.89. The summed E-state index contributed by atoms with van der Waals surface area (Å²) in [7, 11) is 0. The van der Waals surface area contributed by atoms with Gasteiger partial charge in [-0.3, -0.25) is 0 Å². The summed E-state index contributed by atoms with van der Waals surface area (Å²) in [5.74, 6) is 0.944. The molecule has 1 aromatic rings. The van der Waals surface area contributed by atoms with Crippen LogP contribution in [0.4, 0.5) is 0 Å². The van der Waals surface area contributed by atoms with Crippen LogP contribution in [0, 0.1) is 0 Å². The third-order valence-corrected chi connectivity index (χ3v) is 4.10. The molecule has 1 heterocycles. The molecule has 0 spiro atoms. The monoisotopic (exact) mass is 283 g/mol. The van der Waals surface area contributed by atoms with E-state index in [4.69, 9.17) is 26.8 Å². The summed E-state index contributed by atoms with van der Waals surface area (Å²) in [6.07, 6.45) is 2.74. The predicted molar refractivity (Wildman–Crippen MR) is 77.8 cm³/mol. The van der Waals surface area contributed by atoms with Gasteiger partial charge in [-0.05, 0) is 30.5 Å². The molecular weight excluding hydrogens is 262 g/mol. The lowest BCUT2D eigenvalue weighted by atomic mass is 9.96. The minimum absolute atomic E-state index is 0.234. The molecule has 1 aromatic carbocycles. The molecule has 3 nitrogen and oxygen atoms in total. The molecule has 2 rings (SSSR count). The Labute approximate surface area is 120 Å². The van der Waals surface area contributed by atoms with Crippen LogP contribution < -0.4 is 10.5 Å². The van der Waals surface area contributed by atoms with E-state index in [-0.39, 0.29) is 5.54 Å². The first-order valence-electron chi connectivity index (χ1n) is 6.88. The second kappa shape index (κ2) is 6.12. The molecule has 0 amide bonds. The van der Waals surface area contributed by atoms with Crippen LogP contribution in [-0.4, -0.2) is 18.8 Å². The molecule has 1 aliphatic rings. The zero-order chi connectivity index (χ0) is 13.9. The maximum atomic E-state index is 6.22. The van der Waals surface area contributed by atoms with Gasteiger partial charge in [-0.2, -0.15) is 0 Å². The zero-order valence-electron chi connectivity index (χ0n) is 11.7. The van der Waals surface area contributed by atoms with Crippen LogP contribution in [-0.2, 0) is 17.8 Å². The van der Waals surface area contributed by atoms with E-state index in [9.17, 15) is 0 Å². The second-order valence-electron chi connectivity index (χ2n) is 5.21. The molecule has 0 bridgehead atoms. The minimum Gasteiger partial charge on any atom is -0.493 e. The number of rotatable bonds is 6. The van der Waals surface area contributed by atoms with Crippen molar-refractivity contribution in [2.45, 2.75) is 45.3 Å². The Balaban J connectivity index is 2.01. The average molecular weight is 284 g/mol. The highest BCUT2D eigenvalue weighted by molar-refractivity contribution is 6.30. The van der Waals surface area contributed by atoms with Gasteiger partial charge >= 0.3 is 0 Å². The van der Waals surface area contributed by atoms with Gasteiger partial charge in [0.05, 0.1) is 19.8 Å². The third-order valence-electron chi connectivity index (χ3n) is 3.88. The molecule has 106 valence electrons. The van der Waals surface area contributed by atoms with Crippen molar-refractivity contribution in [3.63, 3.8) is 0 Å². The van der Waals surface area contributed by atoms with Crippen molar-refractivity contribution < 1.29 is 9.47 Å². The fourth-order valence-electron chi connectivity index (χ4n) is 2.27. The van der Waals surface area contributed by atoms with Crippen molar-refractivity contribution in [1.29, 1.82) is 0 Å². The first-order valence-corrected chi connectivity index (χ1v) is 7.26. The molecule has 0 atom stereocenters. The normalized spacial score (nSPS) is 14.3. The fraction of sp³-hybridized carbons (Fsp3) is 0.600. The Bertz CT molecular complexity index is 444. The van der Waals surface area contributed by atoms with Crippen LogP contribution in [0.1, 0.15) is 37.8 Å². The SMILES string of the molecule is CCC(N)(CC)COCc1cc(Cl)cc2c1OCC2. The Morgan fingerprint density at radius 2 is 2.11 bits per heavy atom. The van der Waals surface area contributed by atoms with Crippen LogP contribution in [0.3, 0.4) is 0 Å². The van der Waals surface area contributed by atoms with Crippen molar-refractivity contribution in [1.82, 2.24) is 0 Å². The number of halogens is 1. The number of benzene rings is 1. The summed E-state index contributed by atoms with van der Waals surface area (Å²) >= 11 is 6.12. The number of ether oxygens (including phenoxy) is 2. The first kappa shape index (κ1) is 14.6. The molecule has 0 saturated heterocycles. The highest BCUT2D eigenvalue weighted by Gasteiger charge is 2.22. The molecular formula is C15H22ClNO2. The van der Waals surface area contributed by atoms with Gasteiger partial charge in [-0.25, -0.2) is 0 Å². The molecule has 4 heteroatoms. The van der Waals surface area contributed by atoms with Crippen molar-refractivity contribution in [2.24, 2.45) is 5.73 Å². The molecule has 1 aliphatic heterocycles. The van der Waals surface area contributed by atoms with Gasteiger partial charge in [0.2, 0.25) is 0 Å². The molecule has 0 unspecified atom stereocenters. The van der Waals surface area contributed by atoms with Crippen molar-refractivity contribution in [3.8, 4) is 5.75 Å². The van der Waals surface area contributed by atoms with Crippen LogP contribution in [0.5, 0.6) is 5.75 Å². The van der Waals surface area contributed by atoms with Crippen LogP contribution >= 0.6 is 11.6 Å². The standard InChI is InChI=1S/C15H22ClNO2/c1-3-15(17,4-2)10-18-9-12-8-13(16)7-11-5-6-19-14(11)12/h7-8H,3-6,9-10,17H2,1-2H3. The van der Waals surface area contributed by atoms with Crippen LogP contribution in [0.15, 0.2) is 12.1 Å². The lowest BCUT2D eigenvalue weighted by Gasteiger charge is -2.26. The van der Waals surface area contributed by atoms with Gasteiger partial charge in [0.25, 0.3) is 0 Å². The van der Waals surface area contributed by atoms with Gasteiger partial charge in [0.1, 0.15) is 5.75 Å². The fourth-order valence-corrected chi connectivity index (χ4v) is 2.54. The number of hydrogen-bond donors (Lipinski definition) is 1. The lowest BCUT2D eigenvalue weighted by Crippen LogP contribution is -2.43. The van der Waals surface area contributed by atoms with Gasteiger partial charge in [0, 0.05) is 22.5 Å². The van der Waals surface area contributed by atoms with E-state index in [1.165, 1.54) is 5.56 Å². The highest BCUT2D eigenvalue weighted by Crippen LogP contribution is 2.33.